The molecule has 9 nitrogen and oxygen atoms in total. The number of carbonyl (C=O) groups is 1. The number of fused-ring (bicyclic) bond motifs is 1. The molecule has 0 atom stereocenters. The smallest absolute Gasteiger partial charge is 0.412 e. The van der Waals surface area contributed by atoms with E-state index in [1.54, 1.807) is 30.6 Å². The van der Waals surface area contributed by atoms with Gasteiger partial charge in [0.1, 0.15) is 23.1 Å². The molecule has 5 aromatic rings. The molecule has 0 saturated carbocycles. The van der Waals surface area contributed by atoms with Crippen LogP contribution in [-0.2, 0) is 4.74 Å². The van der Waals surface area contributed by atoms with Gasteiger partial charge < -0.3 is 4.74 Å². The van der Waals surface area contributed by atoms with Crippen molar-refractivity contribution in [3.05, 3.63) is 78.3 Å². The molecule has 10 heteroatoms. The van der Waals surface area contributed by atoms with E-state index in [-0.39, 0.29) is 5.82 Å². The zero-order valence-corrected chi connectivity index (χ0v) is 18.7. The van der Waals surface area contributed by atoms with Crippen LogP contribution < -0.4 is 5.32 Å². The largest absolute Gasteiger partial charge is 0.453 e. The van der Waals surface area contributed by atoms with Crippen molar-refractivity contribution in [1.82, 2.24) is 29.1 Å². The molecule has 0 fully saturated rings. The maximum absolute atomic E-state index is 13.5. The zero-order valence-electron chi connectivity index (χ0n) is 18.7. The van der Waals surface area contributed by atoms with Gasteiger partial charge >= 0.3 is 6.09 Å². The number of aromatic nitrogens is 6. The first-order valence-corrected chi connectivity index (χ1v) is 10.4. The van der Waals surface area contributed by atoms with E-state index in [1.165, 1.54) is 19.2 Å². The number of imidazole rings is 1. The van der Waals surface area contributed by atoms with E-state index in [2.05, 4.69) is 30.2 Å². The first kappa shape index (κ1) is 21.3. The maximum atomic E-state index is 13.5. The number of hydrogen-bond donors (Lipinski definition) is 1. The number of ether oxygens (including phenoxy) is 1. The Balaban J connectivity index is 1.59. The first-order chi connectivity index (χ1) is 16.4. The summed E-state index contributed by atoms with van der Waals surface area (Å²) < 4.78 is 21.9. The van der Waals surface area contributed by atoms with Gasteiger partial charge in [-0.1, -0.05) is 0 Å². The molecule has 4 heterocycles. The van der Waals surface area contributed by atoms with Gasteiger partial charge in [0.25, 0.3) is 0 Å². The molecule has 0 aliphatic carbocycles. The highest BCUT2D eigenvalue weighted by molar-refractivity contribution is 5.83. The summed E-state index contributed by atoms with van der Waals surface area (Å²) in [7, 11) is 1.29. The SMILES string of the molecule is COC(=O)Nc1ccc(-c2cnc3c(C)cc(-c4nnc(C)n4-c4ccc(F)cc4)cn23)cn1. The Morgan fingerprint density at radius 2 is 1.79 bits per heavy atom. The molecule has 0 aliphatic heterocycles. The number of methoxy groups -OCH3 is 1. The number of rotatable bonds is 4. The number of pyridine rings is 2. The van der Waals surface area contributed by atoms with Crippen LogP contribution in [0.2, 0.25) is 0 Å². The number of halogens is 1. The molecule has 1 amide bonds. The van der Waals surface area contributed by atoms with Crippen LogP contribution in [0.15, 0.2) is 61.1 Å². The maximum Gasteiger partial charge on any atom is 0.412 e. The summed E-state index contributed by atoms with van der Waals surface area (Å²) in [6, 6.07) is 11.7. The lowest BCUT2D eigenvalue weighted by Gasteiger charge is -2.11. The van der Waals surface area contributed by atoms with Gasteiger partial charge in [0.05, 0.1) is 19.0 Å². The van der Waals surface area contributed by atoms with Crippen molar-refractivity contribution in [3.8, 4) is 28.3 Å². The van der Waals surface area contributed by atoms with E-state index in [1.807, 2.05) is 41.1 Å². The van der Waals surface area contributed by atoms with Crippen LogP contribution in [0.4, 0.5) is 15.0 Å². The lowest BCUT2D eigenvalue weighted by molar-refractivity contribution is 0.187. The minimum absolute atomic E-state index is 0.308. The second-order valence-corrected chi connectivity index (χ2v) is 7.68. The van der Waals surface area contributed by atoms with Crippen LogP contribution in [-0.4, -0.2) is 42.3 Å². The average molecular weight is 457 g/mol. The average Bonchev–Trinajstić information content (AvgIpc) is 3.44. The van der Waals surface area contributed by atoms with Crippen LogP contribution >= 0.6 is 0 Å². The van der Waals surface area contributed by atoms with Gasteiger partial charge in [0.15, 0.2) is 5.82 Å². The van der Waals surface area contributed by atoms with Crippen LogP contribution in [0.25, 0.3) is 34.0 Å². The third-order valence-corrected chi connectivity index (χ3v) is 5.43. The highest BCUT2D eigenvalue weighted by Crippen LogP contribution is 2.28. The minimum Gasteiger partial charge on any atom is -0.453 e. The van der Waals surface area contributed by atoms with E-state index >= 15 is 0 Å². The Morgan fingerprint density at radius 3 is 2.50 bits per heavy atom. The van der Waals surface area contributed by atoms with E-state index < -0.39 is 6.09 Å². The molecule has 0 saturated heterocycles. The summed E-state index contributed by atoms with van der Waals surface area (Å²) >= 11 is 0. The topological polar surface area (TPSA) is 99.2 Å². The fourth-order valence-electron chi connectivity index (χ4n) is 3.82. The van der Waals surface area contributed by atoms with Crippen molar-refractivity contribution < 1.29 is 13.9 Å². The van der Waals surface area contributed by atoms with E-state index in [0.717, 1.165) is 33.7 Å². The number of aryl methyl sites for hydroxylation is 2. The molecule has 5 rings (SSSR count). The van der Waals surface area contributed by atoms with Crippen LogP contribution in [0, 0.1) is 19.7 Å². The van der Waals surface area contributed by atoms with Crippen molar-refractivity contribution in [2.45, 2.75) is 13.8 Å². The monoisotopic (exact) mass is 457 g/mol. The minimum atomic E-state index is -0.587. The van der Waals surface area contributed by atoms with Crippen molar-refractivity contribution in [2.75, 3.05) is 12.4 Å². The number of hydrogen-bond acceptors (Lipinski definition) is 6. The number of carbonyl (C=O) groups excluding carboxylic acids is 1. The molecule has 0 aliphatic rings. The second-order valence-electron chi connectivity index (χ2n) is 7.68. The normalized spacial score (nSPS) is 11.1. The molecular formula is C24H20FN7O2. The molecule has 1 N–H and O–H groups in total. The highest BCUT2D eigenvalue weighted by Gasteiger charge is 2.17. The quantitative estimate of drug-likeness (QED) is 0.424. The van der Waals surface area contributed by atoms with Gasteiger partial charge in [-0.05, 0) is 61.9 Å². The molecule has 1 aromatic carbocycles. The van der Waals surface area contributed by atoms with Gasteiger partial charge in [-0.25, -0.2) is 19.2 Å². The summed E-state index contributed by atoms with van der Waals surface area (Å²) in [6.07, 6.45) is 4.78. The molecular weight excluding hydrogens is 437 g/mol. The summed E-state index contributed by atoms with van der Waals surface area (Å²) in [5.41, 5.74) is 4.97. The summed E-state index contributed by atoms with van der Waals surface area (Å²) in [6.45, 7) is 3.83. The van der Waals surface area contributed by atoms with E-state index in [4.69, 9.17) is 0 Å². The highest BCUT2D eigenvalue weighted by atomic mass is 19.1. The van der Waals surface area contributed by atoms with Gasteiger partial charge in [-0.15, -0.1) is 10.2 Å². The molecule has 0 unspecified atom stereocenters. The molecule has 170 valence electrons. The third-order valence-electron chi connectivity index (χ3n) is 5.43. The predicted molar refractivity (Wildman–Crippen MR) is 124 cm³/mol. The summed E-state index contributed by atoms with van der Waals surface area (Å²) in [4.78, 5) is 20.3. The van der Waals surface area contributed by atoms with E-state index in [0.29, 0.717) is 17.5 Å². The molecule has 4 aromatic heterocycles. The van der Waals surface area contributed by atoms with Gasteiger partial charge in [0, 0.05) is 29.2 Å². The lowest BCUT2D eigenvalue weighted by atomic mass is 10.1. The number of amides is 1. The van der Waals surface area contributed by atoms with Gasteiger partial charge in [-0.3, -0.25) is 14.3 Å². The summed E-state index contributed by atoms with van der Waals surface area (Å²) in [5.74, 6) is 1.38. The third kappa shape index (κ3) is 3.75. The summed E-state index contributed by atoms with van der Waals surface area (Å²) in [5, 5.41) is 11.2. The van der Waals surface area contributed by atoms with Crippen LogP contribution in [0.5, 0.6) is 0 Å². The first-order valence-electron chi connectivity index (χ1n) is 10.4. The number of benzene rings is 1. The fourth-order valence-corrected chi connectivity index (χ4v) is 3.82. The lowest BCUT2D eigenvalue weighted by Crippen LogP contribution is -2.11. The Bertz CT molecular complexity index is 1510. The van der Waals surface area contributed by atoms with Crippen LogP contribution in [0.1, 0.15) is 11.4 Å². The zero-order chi connectivity index (χ0) is 23.8. The number of nitrogens with one attached hydrogen (secondary N) is 1. The molecule has 0 radical (unpaired) electrons. The number of anilines is 1. The Hall–Kier alpha value is -4.60. The van der Waals surface area contributed by atoms with Gasteiger partial charge in [0.2, 0.25) is 0 Å². The van der Waals surface area contributed by atoms with Crippen molar-refractivity contribution in [2.24, 2.45) is 0 Å². The Labute approximate surface area is 193 Å². The Morgan fingerprint density at radius 1 is 1.00 bits per heavy atom. The van der Waals surface area contributed by atoms with E-state index in [9.17, 15) is 9.18 Å². The molecule has 0 spiro atoms. The van der Waals surface area contributed by atoms with Crippen molar-refractivity contribution in [3.63, 3.8) is 0 Å². The van der Waals surface area contributed by atoms with Crippen molar-refractivity contribution in [1.29, 1.82) is 0 Å². The Kier molecular flexibility index (Phi) is 5.25. The standard InChI is InChI=1S/C24H20FN7O2/c1-14-10-17(23-30-29-15(2)32(23)19-7-5-18(25)6-8-19)13-31-20(12-27-22(14)31)16-4-9-21(26-11-16)28-24(33)34-3/h4-13H,1-3H3,(H,26,28,33). The molecule has 34 heavy (non-hydrogen) atoms. The second kappa shape index (κ2) is 8.39. The van der Waals surface area contributed by atoms with Crippen LogP contribution in [0.3, 0.4) is 0 Å². The fraction of sp³-hybridized carbons (Fsp3) is 0.125. The predicted octanol–water partition coefficient (Wildman–Crippen LogP) is 4.58. The van der Waals surface area contributed by atoms with Crippen molar-refractivity contribution >= 4 is 17.6 Å². The molecule has 0 bridgehead atoms. The number of nitrogens with zero attached hydrogens (tertiary/aromatic N) is 6. The van der Waals surface area contributed by atoms with Gasteiger partial charge in [-0.2, -0.15) is 0 Å².